The molecule has 0 heterocycles. The van der Waals surface area contributed by atoms with Crippen molar-refractivity contribution in [2.45, 2.75) is 13.1 Å². The van der Waals surface area contributed by atoms with E-state index in [1.165, 1.54) is 6.07 Å². The number of nitrogens with one attached hydrogen (secondary N) is 2. The number of nitrogens with zero attached hydrogens (tertiary/aromatic N) is 1. The number of halogens is 2. The lowest BCUT2D eigenvalue weighted by Gasteiger charge is -2.12. The van der Waals surface area contributed by atoms with Crippen LogP contribution < -0.4 is 10.6 Å². The van der Waals surface area contributed by atoms with Gasteiger partial charge in [0.05, 0.1) is 0 Å². The van der Waals surface area contributed by atoms with Gasteiger partial charge in [-0.05, 0) is 23.8 Å². The largest absolute Gasteiger partial charge is 0.352 e. The molecule has 0 unspecified atom stereocenters. The molecule has 0 atom stereocenters. The predicted octanol–water partition coefficient (Wildman–Crippen LogP) is 3.45. The maximum Gasteiger partial charge on any atom is 0.191 e. The van der Waals surface area contributed by atoms with Crippen molar-refractivity contribution in [1.82, 2.24) is 10.6 Å². The minimum Gasteiger partial charge on any atom is -0.352 e. The highest BCUT2D eigenvalue weighted by atomic mass is 79.9. The van der Waals surface area contributed by atoms with Crippen LogP contribution in [0.1, 0.15) is 11.1 Å². The Morgan fingerprint density at radius 1 is 1.10 bits per heavy atom. The lowest BCUT2D eigenvalue weighted by atomic mass is 10.2. The quantitative estimate of drug-likeness (QED) is 0.655. The molecular weight excluding hydrogens is 333 g/mol. The average Bonchev–Trinajstić information content (AvgIpc) is 2.49. The van der Waals surface area contributed by atoms with Crippen molar-refractivity contribution < 1.29 is 4.39 Å². The van der Waals surface area contributed by atoms with Crippen LogP contribution in [0.5, 0.6) is 0 Å². The first-order valence-electron chi connectivity index (χ1n) is 6.61. The van der Waals surface area contributed by atoms with E-state index in [2.05, 4.69) is 31.6 Å². The Bertz CT molecular complexity index is 628. The molecule has 0 spiro atoms. The van der Waals surface area contributed by atoms with Crippen LogP contribution in [-0.2, 0) is 13.1 Å². The highest BCUT2D eigenvalue weighted by Crippen LogP contribution is 2.11. The first-order chi connectivity index (χ1) is 10.2. The Hall–Kier alpha value is -1.88. The van der Waals surface area contributed by atoms with Gasteiger partial charge in [0.15, 0.2) is 5.96 Å². The van der Waals surface area contributed by atoms with Crippen molar-refractivity contribution in [3.05, 3.63) is 69.9 Å². The van der Waals surface area contributed by atoms with Crippen LogP contribution in [0.3, 0.4) is 0 Å². The second-order valence-electron chi connectivity index (χ2n) is 4.50. The summed E-state index contributed by atoms with van der Waals surface area (Å²) in [6.45, 7) is 1.04. The highest BCUT2D eigenvalue weighted by molar-refractivity contribution is 9.10. The van der Waals surface area contributed by atoms with Crippen LogP contribution in [0.4, 0.5) is 4.39 Å². The molecule has 2 aromatic carbocycles. The van der Waals surface area contributed by atoms with Gasteiger partial charge in [-0.2, -0.15) is 0 Å². The molecule has 0 saturated carbocycles. The molecule has 3 nitrogen and oxygen atoms in total. The van der Waals surface area contributed by atoms with Gasteiger partial charge in [-0.25, -0.2) is 4.39 Å². The van der Waals surface area contributed by atoms with Gasteiger partial charge in [0.25, 0.3) is 0 Å². The first-order valence-corrected chi connectivity index (χ1v) is 7.40. The summed E-state index contributed by atoms with van der Waals surface area (Å²) in [7, 11) is 1.69. The van der Waals surface area contributed by atoms with Crippen LogP contribution in [0.25, 0.3) is 0 Å². The molecule has 2 aromatic rings. The molecule has 0 aliphatic rings. The van der Waals surface area contributed by atoms with E-state index in [-0.39, 0.29) is 5.82 Å². The number of aliphatic imine (C=N–C) groups is 1. The van der Waals surface area contributed by atoms with E-state index in [0.29, 0.717) is 24.6 Å². The van der Waals surface area contributed by atoms with Crippen LogP contribution >= 0.6 is 15.9 Å². The van der Waals surface area contributed by atoms with E-state index < -0.39 is 0 Å². The highest BCUT2D eigenvalue weighted by Gasteiger charge is 2.02. The van der Waals surface area contributed by atoms with Gasteiger partial charge in [0, 0.05) is 30.2 Å². The summed E-state index contributed by atoms with van der Waals surface area (Å²) < 4.78 is 14.6. The normalized spacial score (nSPS) is 11.3. The first kappa shape index (κ1) is 15.5. The molecule has 0 fully saturated rings. The number of benzene rings is 2. The van der Waals surface area contributed by atoms with Crippen molar-refractivity contribution in [3.8, 4) is 0 Å². The Kier molecular flexibility index (Phi) is 5.75. The third-order valence-corrected chi connectivity index (χ3v) is 3.47. The second kappa shape index (κ2) is 7.78. The van der Waals surface area contributed by atoms with E-state index in [9.17, 15) is 4.39 Å². The van der Waals surface area contributed by atoms with E-state index in [0.717, 1.165) is 10.0 Å². The zero-order valence-electron chi connectivity index (χ0n) is 11.7. The summed E-state index contributed by atoms with van der Waals surface area (Å²) >= 11 is 3.44. The molecule has 2 rings (SSSR count). The van der Waals surface area contributed by atoms with E-state index >= 15 is 0 Å². The van der Waals surface area contributed by atoms with Gasteiger partial charge in [-0.1, -0.05) is 46.3 Å². The summed E-state index contributed by atoms with van der Waals surface area (Å²) in [5.41, 5.74) is 1.75. The van der Waals surface area contributed by atoms with Gasteiger partial charge in [-0.15, -0.1) is 0 Å². The van der Waals surface area contributed by atoms with Gasteiger partial charge in [-0.3, -0.25) is 4.99 Å². The van der Waals surface area contributed by atoms with Crippen LogP contribution in [-0.4, -0.2) is 13.0 Å². The Morgan fingerprint density at radius 3 is 2.57 bits per heavy atom. The van der Waals surface area contributed by atoms with Crippen molar-refractivity contribution in [3.63, 3.8) is 0 Å². The van der Waals surface area contributed by atoms with Gasteiger partial charge in [0.1, 0.15) is 5.82 Å². The van der Waals surface area contributed by atoms with Crippen LogP contribution in [0.15, 0.2) is 58.0 Å². The molecule has 5 heteroatoms. The maximum atomic E-state index is 13.5. The van der Waals surface area contributed by atoms with Crippen molar-refractivity contribution in [2.75, 3.05) is 7.05 Å². The van der Waals surface area contributed by atoms with Crippen molar-refractivity contribution in [1.29, 1.82) is 0 Å². The molecule has 2 N–H and O–H groups in total. The fourth-order valence-electron chi connectivity index (χ4n) is 1.87. The Balaban J connectivity index is 1.88. The average molecular weight is 350 g/mol. The van der Waals surface area contributed by atoms with Crippen molar-refractivity contribution in [2.24, 2.45) is 4.99 Å². The smallest absolute Gasteiger partial charge is 0.191 e. The fourth-order valence-corrected chi connectivity index (χ4v) is 2.32. The summed E-state index contributed by atoms with van der Waals surface area (Å²) in [4.78, 5) is 4.13. The zero-order chi connectivity index (χ0) is 15.1. The Morgan fingerprint density at radius 2 is 1.86 bits per heavy atom. The molecule has 0 radical (unpaired) electrons. The molecule has 110 valence electrons. The van der Waals surface area contributed by atoms with Gasteiger partial charge in [0.2, 0.25) is 0 Å². The topological polar surface area (TPSA) is 36.4 Å². The standard InChI is InChI=1S/C16H17BrFN3/c1-19-16(20-10-12-5-4-7-14(17)9-12)21-11-13-6-2-3-8-15(13)18/h2-9H,10-11H2,1H3,(H2,19,20,21). The van der Waals surface area contributed by atoms with Crippen LogP contribution in [0, 0.1) is 5.82 Å². The molecule has 0 amide bonds. The third-order valence-electron chi connectivity index (χ3n) is 2.98. The number of hydrogen-bond acceptors (Lipinski definition) is 1. The second-order valence-corrected chi connectivity index (χ2v) is 5.42. The third kappa shape index (κ3) is 4.86. The van der Waals surface area contributed by atoms with Crippen molar-refractivity contribution >= 4 is 21.9 Å². The van der Waals surface area contributed by atoms with Gasteiger partial charge >= 0.3 is 0 Å². The molecule has 0 aromatic heterocycles. The monoisotopic (exact) mass is 349 g/mol. The molecule has 0 aliphatic carbocycles. The molecule has 0 bridgehead atoms. The van der Waals surface area contributed by atoms with Crippen LogP contribution in [0.2, 0.25) is 0 Å². The van der Waals surface area contributed by atoms with E-state index in [1.54, 1.807) is 19.2 Å². The summed E-state index contributed by atoms with van der Waals surface area (Å²) in [5.74, 6) is 0.422. The van der Waals surface area contributed by atoms with E-state index in [1.807, 2.05) is 30.3 Å². The summed E-state index contributed by atoms with van der Waals surface area (Å²) in [6, 6.07) is 14.7. The molecular formula is C16H17BrFN3. The maximum absolute atomic E-state index is 13.5. The Labute approximate surface area is 132 Å². The van der Waals surface area contributed by atoms with Gasteiger partial charge < -0.3 is 10.6 Å². The molecule has 0 aliphatic heterocycles. The fraction of sp³-hybridized carbons (Fsp3) is 0.188. The zero-order valence-corrected chi connectivity index (χ0v) is 13.3. The molecule has 21 heavy (non-hydrogen) atoms. The SMILES string of the molecule is CN=C(NCc1cccc(Br)c1)NCc1ccccc1F. The minimum atomic E-state index is -0.215. The minimum absolute atomic E-state index is 0.215. The predicted molar refractivity (Wildman–Crippen MR) is 87.6 cm³/mol. The lowest BCUT2D eigenvalue weighted by Crippen LogP contribution is -2.36. The molecule has 0 saturated heterocycles. The summed E-state index contributed by atoms with van der Waals surface area (Å²) in [5, 5.41) is 6.30. The number of rotatable bonds is 4. The van der Waals surface area contributed by atoms with E-state index in [4.69, 9.17) is 0 Å². The summed E-state index contributed by atoms with van der Waals surface area (Å²) in [6.07, 6.45) is 0. The number of hydrogen-bond donors (Lipinski definition) is 2. The number of guanidine groups is 1. The lowest BCUT2D eigenvalue weighted by molar-refractivity contribution is 0.604.